The van der Waals surface area contributed by atoms with Crippen LogP contribution in [0.4, 0.5) is 5.69 Å². The summed E-state index contributed by atoms with van der Waals surface area (Å²) in [6, 6.07) is 19.8. The molecule has 3 aromatic heterocycles. The predicted octanol–water partition coefficient (Wildman–Crippen LogP) is 6.54. The molecule has 0 saturated heterocycles. The van der Waals surface area contributed by atoms with Crippen LogP contribution in [0, 0.1) is 12.8 Å². The first-order chi connectivity index (χ1) is 16.6. The number of hydrogen-bond donors (Lipinski definition) is 0. The van der Waals surface area contributed by atoms with Crippen LogP contribution in [-0.2, 0) is 0 Å². The number of hydrogen-bond acceptors (Lipinski definition) is 4. The van der Waals surface area contributed by atoms with E-state index in [1.165, 1.54) is 18.4 Å². The van der Waals surface area contributed by atoms with Gasteiger partial charge in [0, 0.05) is 41.5 Å². The van der Waals surface area contributed by atoms with Crippen molar-refractivity contribution < 1.29 is 0 Å². The summed E-state index contributed by atoms with van der Waals surface area (Å²) < 4.78 is 2.03. The number of nitrogens with zero attached hydrogens (tertiary/aromatic N) is 5. The van der Waals surface area contributed by atoms with Crippen molar-refractivity contribution in [2.24, 2.45) is 5.92 Å². The van der Waals surface area contributed by atoms with Crippen molar-refractivity contribution in [3.8, 4) is 22.5 Å². The van der Waals surface area contributed by atoms with Gasteiger partial charge in [-0.05, 0) is 37.1 Å². The molecule has 1 fully saturated rings. The molecule has 1 saturated carbocycles. The van der Waals surface area contributed by atoms with Crippen LogP contribution in [0.1, 0.15) is 32.3 Å². The Morgan fingerprint density at radius 1 is 1.00 bits per heavy atom. The molecular weight excluding hydrogens is 418 g/mol. The Hall–Kier alpha value is -3.73. The second-order valence-electron chi connectivity index (χ2n) is 9.85. The summed E-state index contributed by atoms with van der Waals surface area (Å²) in [5.74, 6) is 0.558. The number of rotatable bonds is 6. The van der Waals surface area contributed by atoms with Crippen molar-refractivity contribution in [1.82, 2.24) is 19.6 Å². The molecular formula is C29H29N5. The van der Waals surface area contributed by atoms with Crippen LogP contribution in [0.3, 0.4) is 0 Å². The molecule has 1 aliphatic carbocycles. The van der Waals surface area contributed by atoms with Gasteiger partial charge in [-0.25, -0.2) is 9.50 Å². The lowest BCUT2D eigenvalue weighted by molar-refractivity contribution is 0.607. The number of imidazole rings is 1. The summed E-state index contributed by atoms with van der Waals surface area (Å²) in [6.45, 7) is 7.68. The van der Waals surface area contributed by atoms with Gasteiger partial charge in [0.15, 0.2) is 5.65 Å². The molecule has 0 atom stereocenters. The van der Waals surface area contributed by atoms with E-state index in [1.54, 1.807) is 0 Å². The lowest BCUT2D eigenvalue weighted by atomic mass is 10.0. The summed E-state index contributed by atoms with van der Waals surface area (Å²) in [6.07, 6.45) is 8.28. The first-order valence-electron chi connectivity index (χ1n) is 12.1. The number of aromatic nitrogens is 4. The zero-order valence-corrected chi connectivity index (χ0v) is 19.9. The van der Waals surface area contributed by atoms with Crippen molar-refractivity contribution in [3.05, 3.63) is 78.8 Å². The van der Waals surface area contributed by atoms with E-state index in [4.69, 9.17) is 10.1 Å². The van der Waals surface area contributed by atoms with Crippen LogP contribution >= 0.6 is 0 Å². The van der Waals surface area contributed by atoms with Gasteiger partial charge in [-0.1, -0.05) is 67.9 Å². The predicted molar refractivity (Wildman–Crippen MR) is 139 cm³/mol. The molecule has 1 aliphatic rings. The van der Waals surface area contributed by atoms with Gasteiger partial charge in [-0.15, -0.1) is 0 Å². The first kappa shape index (κ1) is 20.8. The molecule has 0 spiro atoms. The average Bonchev–Trinajstić information content (AvgIpc) is 3.61. The van der Waals surface area contributed by atoms with Crippen LogP contribution in [-0.4, -0.2) is 32.2 Å². The second-order valence-corrected chi connectivity index (χ2v) is 9.85. The van der Waals surface area contributed by atoms with Gasteiger partial charge < -0.3 is 4.90 Å². The Morgan fingerprint density at radius 2 is 1.79 bits per heavy atom. The zero-order valence-electron chi connectivity index (χ0n) is 19.9. The third kappa shape index (κ3) is 3.71. The highest BCUT2D eigenvalue weighted by Gasteiger charge is 2.32. The molecule has 0 aliphatic heterocycles. The van der Waals surface area contributed by atoms with E-state index >= 15 is 0 Å². The van der Waals surface area contributed by atoms with Gasteiger partial charge in [0.25, 0.3) is 0 Å². The highest BCUT2D eigenvalue weighted by molar-refractivity contribution is 5.95. The van der Waals surface area contributed by atoms with E-state index in [0.29, 0.717) is 12.0 Å². The van der Waals surface area contributed by atoms with Gasteiger partial charge >= 0.3 is 0 Å². The van der Waals surface area contributed by atoms with Gasteiger partial charge in [-0.2, -0.15) is 5.10 Å². The van der Waals surface area contributed by atoms with Crippen LogP contribution in [0.2, 0.25) is 0 Å². The minimum atomic E-state index is 0.558. The number of benzene rings is 2. The molecule has 0 N–H and O–H groups in total. The summed E-state index contributed by atoms with van der Waals surface area (Å²) in [7, 11) is 0. The minimum absolute atomic E-state index is 0.558. The van der Waals surface area contributed by atoms with E-state index in [1.807, 2.05) is 23.1 Å². The van der Waals surface area contributed by atoms with E-state index < -0.39 is 0 Å². The molecule has 5 aromatic rings. The maximum absolute atomic E-state index is 5.14. The maximum atomic E-state index is 5.14. The lowest BCUT2D eigenvalue weighted by Crippen LogP contribution is -2.30. The molecule has 6 rings (SSSR count). The summed E-state index contributed by atoms with van der Waals surface area (Å²) in [4.78, 5) is 12.0. The molecule has 2 aromatic carbocycles. The number of anilines is 1. The normalized spacial score (nSPS) is 13.8. The lowest BCUT2D eigenvalue weighted by Gasteiger charge is -2.27. The van der Waals surface area contributed by atoms with Crippen molar-refractivity contribution in [2.45, 2.75) is 39.7 Å². The fourth-order valence-corrected chi connectivity index (χ4v) is 4.76. The van der Waals surface area contributed by atoms with Gasteiger partial charge in [0.2, 0.25) is 0 Å². The molecule has 170 valence electrons. The fraction of sp³-hybridized carbons (Fsp3) is 0.276. The average molecular weight is 448 g/mol. The van der Waals surface area contributed by atoms with Gasteiger partial charge in [0.05, 0.1) is 23.3 Å². The van der Waals surface area contributed by atoms with Crippen LogP contribution in [0.25, 0.3) is 38.9 Å². The van der Waals surface area contributed by atoms with Crippen molar-refractivity contribution in [2.75, 3.05) is 11.4 Å². The van der Waals surface area contributed by atoms with E-state index in [-0.39, 0.29) is 0 Å². The summed E-state index contributed by atoms with van der Waals surface area (Å²) in [5, 5.41) is 7.42. The monoisotopic (exact) mass is 447 g/mol. The molecule has 0 amide bonds. The highest BCUT2D eigenvalue weighted by atomic mass is 15.3. The van der Waals surface area contributed by atoms with Crippen molar-refractivity contribution in [1.29, 1.82) is 0 Å². The third-order valence-electron chi connectivity index (χ3n) is 6.60. The molecule has 5 heteroatoms. The Bertz CT molecular complexity index is 1470. The van der Waals surface area contributed by atoms with Gasteiger partial charge in [0.1, 0.15) is 0 Å². The minimum Gasteiger partial charge on any atom is -0.365 e. The number of pyridine rings is 1. The van der Waals surface area contributed by atoms with Gasteiger partial charge in [-0.3, -0.25) is 4.98 Å². The van der Waals surface area contributed by atoms with Crippen molar-refractivity contribution >= 4 is 22.1 Å². The second kappa shape index (κ2) is 8.24. The summed E-state index contributed by atoms with van der Waals surface area (Å²) >= 11 is 0. The largest absolute Gasteiger partial charge is 0.365 e. The number of aryl methyl sites for hydroxylation is 1. The molecule has 0 bridgehead atoms. The molecule has 5 nitrogen and oxygen atoms in total. The molecule has 3 heterocycles. The van der Waals surface area contributed by atoms with E-state index in [0.717, 1.165) is 51.2 Å². The topological polar surface area (TPSA) is 46.3 Å². The molecule has 0 unspecified atom stereocenters. The van der Waals surface area contributed by atoms with Crippen LogP contribution < -0.4 is 4.90 Å². The quantitative estimate of drug-likeness (QED) is 0.296. The Kier molecular flexibility index (Phi) is 5.05. The smallest absolute Gasteiger partial charge is 0.177 e. The van der Waals surface area contributed by atoms with Crippen LogP contribution in [0.5, 0.6) is 0 Å². The van der Waals surface area contributed by atoms with E-state index in [9.17, 15) is 0 Å². The van der Waals surface area contributed by atoms with E-state index in [2.05, 4.69) is 85.3 Å². The Labute approximate surface area is 200 Å². The SMILES string of the molecule is Cc1ccc(-c2cnc3c(N(CC(C)C)C4CC4)cc(-c4cncc5ccccc45)nn23)cc1. The summed E-state index contributed by atoms with van der Waals surface area (Å²) in [5.41, 5.74) is 7.41. The highest BCUT2D eigenvalue weighted by Crippen LogP contribution is 2.38. The van der Waals surface area contributed by atoms with Crippen LogP contribution in [0.15, 0.2) is 73.2 Å². The Balaban J connectivity index is 1.62. The molecule has 0 radical (unpaired) electrons. The molecule has 34 heavy (non-hydrogen) atoms. The zero-order chi connectivity index (χ0) is 23.2. The maximum Gasteiger partial charge on any atom is 0.177 e. The standard InChI is InChI=1S/C29H29N5/c1-19(2)18-33(23-12-13-23)27-14-26(25-16-30-15-22-6-4-5-7-24(22)25)32-34-28(17-31-29(27)34)21-10-8-20(3)9-11-21/h4-11,14-17,19,23H,12-13,18H2,1-3H3. The Morgan fingerprint density at radius 3 is 2.56 bits per heavy atom. The fourth-order valence-electron chi connectivity index (χ4n) is 4.76. The third-order valence-corrected chi connectivity index (χ3v) is 6.60. The van der Waals surface area contributed by atoms with Crippen molar-refractivity contribution in [3.63, 3.8) is 0 Å². The number of fused-ring (bicyclic) bond motifs is 2. The first-order valence-corrected chi connectivity index (χ1v) is 12.1.